The van der Waals surface area contributed by atoms with Gasteiger partial charge in [0, 0.05) is 6.20 Å². The third kappa shape index (κ3) is 4.91. The highest BCUT2D eigenvalue weighted by Crippen LogP contribution is 2.25. The predicted octanol–water partition coefficient (Wildman–Crippen LogP) is 3.39. The van der Waals surface area contributed by atoms with Crippen molar-refractivity contribution in [3.8, 4) is 11.6 Å². The summed E-state index contributed by atoms with van der Waals surface area (Å²) in [5, 5.41) is 12.1. The molecular formula is C21H19N5O2S. The Morgan fingerprint density at radius 3 is 2.66 bits per heavy atom. The molecular weight excluding hydrogens is 386 g/mol. The highest BCUT2D eigenvalue weighted by atomic mass is 32.2. The lowest BCUT2D eigenvalue weighted by Gasteiger charge is -2.09. The van der Waals surface area contributed by atoms with E-state index in [1.165, 1.54) is 11.8 Å². The maximum atomic E-state index is 12.3. The fourth-order valence-electron chi connectivity index (χ4n) is 2.77. The van der Waals surface area contributed by atoms with E-state index in [-0.39, 0.29) is 11.7 Å². The van der Waals surface area contributed by atoms with E-state index < -0.39 is 0 Å². The SMILES string of the molecule is O=C(CSc1nnc(-c2ccco2)n1Cc1ccccc1)NCc1ccccn1. The molecule has 4 aromatic rings. The highest BCUT2D eigenvalue weighted by Gasteiger charge is 2.17. The fourth-order valence-corrected chi connectivity index (χ4v) is 3.53. The number of thioether (sulfide) groups is 1. The van der Waals surface area contributed by atoms with Crippen molar-refractivity contribution in [2.24, 2.45) is 0 Å². The van der Waals surface area contributed by atoms with E-state index in [4.69, 9.17) is 4.42 Å². The summed E-state index contributed by atoms with van der Waals surface area (Å²) in [6.45, 7) is 0.982. The average molecular weight is 405 g/mol. The molecule has 1 aromatic carbocycles. The van der Waals surface area contributed by atoms with Crippen molar-refractivity contribution in [3.05, 3.63) is 84.4 Å². The number of hydrogen-bond acceptors (Lipinski definition) is 6. The van der Waals surface area contributed by atoms with Crippen LogP contribution in [0.3, 0.4) is 0 Å². The molecule has 0 fully saturated rings. The Kier molecular flexibility index (Phi) is 6.01. The first-order valence-corrected chi connectivity index (χ1v) is 10.1. The predicted molar refractivity (Wildman–Crippen MR) is 110 cm³/mol. The van der Waals surface area contributed by atoms with Crippen molar-refractivity contribution < 1.29 is 9.21 Å². The van der Waals surface area contributed by atoms with Crippen LogP contribution in [-0.4, -0.2) is 31.4 Å². The molecule has 0 spiro atoms. The largest absolute Gasteiger partial charge is 0.461 e. The summed E-state index contributed by atoms with van der Waals surface area (Å²) in [6.07, 6.45) is 3.31. The molecule has 0 saturated carbocycles. The maximum Gasteiger partial charge on any atom is 0.230 e. The van der Waals surface area contributed by atoms with E-state index in [1.54, 1.807) is 12.5 Å². The standard InChI is InChI=1S/C21H19N5O2S/c27-19(23-13-17-9-4-5-11-22-17)15-29-21-25-24-20(18-10-6-12-28-18)26(21)14-16-7-2-1-3-8-16/h1-12H,13-15H2,(H,23,27). The zero-order chi connectivity index (χ0) is 19.9. The highest BCUT2D eigenvalue weighted by molar-refractivity contribution is 7.99. The van der Waals surface area contributed by atoms with Gasteiger partial charge in [-0.15, -0.1) is 10.2 Å². The smallest absolute Gasteiger partial charge is 0.230 e. The second-order valence-corrected chi connectivity index (χ2v) is 7.18. The Morgan fingerprint density at radius 1 is 1.03 bits per heavy atom. The number of carbonyl (C=O) groups excluding carboxylic acids is 1. The normalized spacial score (nSPS) is 10.8. The quantitative estimate of drug-likeness (QED) is 0.452. The number of aromatic nitrogens is 4. The van der Waals surface area contributed by atoms with Gasteiger partial charge in [-0.2, -0.15) is 0 Å². The zero-order valence-corrected chi connectivity index (χ0v) is 16.4. The second kappa shape index (κ2) is 9.20. The summed E-state index contributed by atoms with van der Waals surface area (Å²) in [5.74, 6) is 1.42. The fraction of sp³-hybridized carbons (Fsp3) is 0.143. The van der Waals surface area contributed by atoms with Gasteiger partial charge in [-0.1, -0.05) is 48.2 Å². The van der Waals surface area contributed by atoms with Gasteiger partial charge in [0.25, 0.3) is 0 Å². The maximum absolute atomic E-state index is 12.3. The van der Waals surface area contributed by atoms with Gasteiger partial charge in [0.1, 0.15) is 0 Å². The van der Waals surface area contributed by atoms with Gasteiger partial charge >= 0.3 is 0 Å². The van der Waals surface area contributed by atoms with Gasteiger partial charge in [-0.25, -0.2) is 0 Å². The van der Waals surface area contributed by atoms with Crippen molar-refractivity contribution in [2.45, 2.75) is 18.2 Å². The molecule has 3 aromatic heterocycles. The number of nitrogens with one attached hydrogen (secondary N) is 1. The Hall–Kier alpha value is -3.39. The molecule has 0 aliphatic carbocycles. The van der Waals surface area contributed by atoms with E-state index >= 15 is 0 Å². The molecule has 0 aliphatic heterocycles. The first-order valence-electron chi connectivity index (χ1n) is 9.10. The number of amides is 1. The van der Waals surface area contributed by atoms with E-state index in [9.17, 15) is 4.79 Å². The molecule has 1 N–H and O–H groups in total. The molecule has 0 atom stereocenters. The Labute approximate surface area is 172 Å². The van der Waals surface area contributed by atoms with Crippen molar-refractivity contribution in [2.75, 3.05) is 5.75 Å². The average Bonchev–Trinajstić information content (AvgIpc) is 3.42. The summed E-state index contributed by atoms with van der Waals surface area (Å²) < 4.78 is 7.47. The summed E-state index contributed by atoms with van der Waals surface area (Å²) in [5.41, 5.74) is 1.93. The minimum absolute atomic E-state index is 0.0885. The van der Waals surface area contributed by atoms with Crippen molar-refractivity contribution in [1.82, 2.24) is 25.1 Å². The van der Waals surface area contributed by atoms with Crippen molar-refractivity contribution >= 4 is 17.7 Å². The monoisotopic (exact) mass is 405 g/mol. The van der Waals surface area contributed by atoms with Crippen molar-refractivity contribution in [1.29, 1.82) is 0 Å². The topological polar surface area (TPSA) is 85.8 Å². The Morgan fingerprint density at radius 2 is 1.90 bits per heavy atom. The van der Waals surface area contributed by atoms with Crippen molar-refractivity contribution in [3.63, 3.8) is 0 Å². The molecule has 0 unspecified atom stereocenters. The summed E-state index contributed by atoms with van der Waals surface area (Å²) >= 11 is 1.34. The zero-order valence-electron chi connectivity index (χ0n) is 15.6. The van der Waals surface area contributed by atoms with Crippen LogP contribution in [0, 0.1) is 0 Å². The molecule has 146 valence electrons. The van der Waals surface area contributed by atoms with E-state index in [1.807, 2.05) is 65.2 Å². The van der Waals surface area contributed by atoms with Crippen LogP contribution in [0.4, 0.5) is 0 Å². The van der Waals surface area contributed by atoms with Crippen LogP contribution in [0.25, 0.3) is 11.6 Å². The number of benzene rings is 1. The number of carbonyl (C=O) groups is 1. The number of pyridine rings is 1. The number of rotatable bonds is 8. The lowest BCUT2D eigenvalue weighted by Crippen LogP contribution is -2.25. The van der Waals surface area contributed by atoms with Crippen LogP contribution in [-0.2, 0) is 17.9 Å². The molecule has 4 rings (SSSR count). The second-order valence-electron chi connectivity index (χ2n) is 6.24. The first kappa shape index (κ1) is 18.9. The Bertz CT molecular complexity index is 1050. The molecule has 0 bridgehead atoms. The van der Waals surface area contributed by atoms with Crippen LogP contribution < -0.4 is 5.32 Å². The van der Waals surface area contributed by atoms with Gasteiger partial charge in [0.15, 0.2) is 10.9 Å². The summed E-state index contributed by atoms with van der Waals surface area (Å²) in [7, 11) is 0. The molecule has 0 saturated heterocycles. The lowest BCUT2D eigenvalue weighted by atomic mass is 10.2. The van der Waals surface area contributed by atoms with Crippen LogP contribution in [0.5, 0.6) is 0 Å². The molecule has 29 heavy (non-hydrogen) atoms. The first-order chi connectivity index (χ1) is 14.3. The summed E-state index contributed by atoms with van der Waals surface area (Å²) in [6, 6.07) is 19.3. The molecule has 0 radical (unpaired) electrons. The minimum atomic E-state index is -0.0885. The third-order valence-corrected chi connectivity index (χ3v) is 5.13. The molecule has 1 amide bonds. The van der Waals surface area contributed by atoms with Gasteiger partial charge in [0.05, 0.1) is 30.8 Å². The number of hydrogen-bond donors (Lipinski definition) is 1. The van der Waals surface area contributed by atoms with Gasteiger partial charge in [-0.3, -0.25) is 14.3 Å². The van der Waals surface area contributed by atoms with Gasteiger partial charge in [0.2, 0.25) is 11.7 Å². The molecule has 0 aliphatic rings. The van der Waals surface area contributed by atoms with Crippen LogP contribution in [0.1, 0.15) is 11.3 Å². The number of nitrogens with zero attached hydrogens (tertiary/aromatic N) is 4. The van der Waals surface area contributed by atoms with Gasteiger partial charge in [-0.05, 0) is 29.8 Å². The van der Waals surface area contributed by atoms with Gasteiger partial charge < -0.3 is 9.73 Å². The number of furan rings is 1. The third-order valence-electron chi connectivity index (χ3n) is 4.17. The van der Waals surface area contributed by atoms with E-state index in [0.717, 1.165) is 11.3 Å². The summed E-state index contributed by atoms with van der Waals surface area (Å²) in [4.78, 5) is 16.5. The van der Waals surface area contributed by atoms with E-state index in [2.05, 4.69) is 20.5 Å². The van der Waals surface area contributed by atoms with Crippen LogP contribution in [0.2, 0.25) is 0 Å². The molecule has 8 heteroatoms. The Balaban J connectivity index is 1.46. The van der Waals surface area contributed by atoms with E-state index in [0.29, 0.717) is 29.8 Å². The lowest BCUT2D eigenvalue weighted by molar-refractivity contribution is -0.118. The van der Waals surface area contributed by atoms with Crippen LogP contribution >= 0.6 is 11.8 Å². The minimum Gasteiger partial charge on any atom is -0.461 e. The van der Waals surface area contributed by atoms with Crippen LogP contribution in [0.15, 0.2) is 82.7 Å². The molecule has 3 heterocycles. The molecule has 7 nitrogen and oxygen atoms in total.